The molecule has 0 aromatic heterocycles. The van der Waals surface area contributed by atoms with Gasteiger partial charge in [0, 0.05) is 45.8 Å². The highest BCUT2D eigenvalue weighted by Crippen LogP contribution is 2.11. The summed E-state index contributed by atoms with van der Waals surface area (Å²) in [6.07, 6.45) is 1.11. The van der Waals surface area contributed by atoms with E-state index in [0.29, 0.717) is 6.54 Å². The average Bonchev–Trinajstić information content (AvgIpc) is 2.77. The Morgan fingerprint density at radius 2 is 1.63 bits per heavy atom. The Kier molecular flexibility index (Phi) is 12.6. The number of halogens is 1. The first-order valence-corrected chi connectivity index (χ1v) is 11.0. The van der Waals surface area contributed by atoms with Crippen molar-refractivity contribution in [2.45, 2.75) is 26.4 Å². The zero-order valence-corrected chi connectivity index (χ0v) is 20.6. The largest absolute Gasteiger partial charge is 0.379 e. The molecule has 170 valence electrons. The van der Waals surface area contributed by atoms with Crippen LogP contribution >= 0.6 is 24.0 Å². The molecule has 0 atom stereocenters. The van der Waals surface area contributed by atoms with Gasteiger partial charge in [-0.3, -0.25) is 9.80 Å². The highest BCUT2D eigenvalue weighted by molar-refractivity contribution is 14.0. The van der Waals surface area contributed by atoms with Crippen LogP contribution in [0.3, 0.4) is 0 Å². The van der Waals surface area contributed by atoms with Crippen LogP contribution in [0, 0.1) is 0 Å². The standard InChI is InChI=1S/C22H37N5O2.HI/c1-2-23-22(24-7-4-8-26-9-13-28-14-10-26)25-18-20-5-3-6-21(17-20)19-27-11-15-29-16-12-27;/h3,5-6,17H,2,4,7-16,18-19H2,1H3,(H2,23,24,25);1H. The van der Waals surface area contributed by atoms with Gasteiger partial charge < -0.3 is 20.1 Å². The second-order valence-electron chi connectivity index (χ2n) is 7.64. The lowest BCUT2D eigenvalue weighted by molar-refractivity contribution is 0.0342. The number of rotatable bonds is 9. The molecule has 8 heteroatoms. The molecule has 30 heavy (non-hydrogen) atoms. The van der Waals surface area contributed by atoms with Crippen molar-refractivity contribution in [1.82, 2.24) is 20.4 Å². The molecule has 2 N–H and O–H groups in total. The monoisotopic (exact) mass is 531 g/mol. The molecular formula is C22H38IN5O2. The van der Waals surface area contributed by atoms with Gasteiger partial charge >= 0.3 is 0 Å². The van der Waals surface area contributed by atoms with Crippen LogP contribution < -0.4 is 10.6 Å². The van der Waals surface area contributed by atoms with Crippen molar-refractivity contribution in [2.24, 2.45) is 4.99 Å². The molecule has 3 rings (SSSR count). The van der Waals surface area contributed by atoms with E-state index in [1.807, 2.05) is 0 Å². The highest BCUT2D eigenvalue weighted by Gasteiger charge is 2.11. The number of ether oxygens (including phenoxy) is 2. The van der Waals surface area contributed by atoms with Gasteiger partial charge in [-0.15, -0.1) is 24.0 Å². The quantitative estimate of drug-likeness (QED) is 0.220. The topological polar surface area (TPSA) is 61.4 Å². The normalized spacial score (nSPS) is 18.6. The van der Waals surface area contributed by atoms with Gasteiger partial charge in [0.25, 0.3) is 0 Å². The maximum absolute atomic E-state index is 5.44. The number of morpholine rings is 2. The smallest absolute Gasteiger partial charge is 0.191 e. The van der Waals surface area contributed by atoms with E-state index in [0.717, 1.165) is 91.2 Å². The molecule has 0 amide bonds. The Morgan fingerprint density at radius 3 is 2.33 bits per heavy atom. The minimum absolute atomic E-state index is 0. The summed E-state index contributed by atoms with van der Waals surface area (Å²) in [5.41, 5.74) is 2.60. The molecule has 7 nitrogen and oxygen atoms in total. The molecule has 1 aromatic rings. The predicted octanol–water partition coefficient (Wildman–Crippen LogP) is 1.91. The van der Waals surface area contributed by atoms with E-state index in [-0.39, 0.29) is 24.0 Å². The summed E-state index contributed by atoms with van der Waals surface area (Å²) in [7, 11) is 0. The second kappa shape index (κ2) is 15.0. The van der Waals surface area contributed by atoms with Crippen LogP contribution in [0.25, 0.3) is 0 Å². The minimum atomic E-state index is 0. The maximum atomic E-state index is 5.44. The molecule has 0 bridgehead atoms. The van der Waals surface area contributed by atoms with Crippen LogP contribution in [0.4, 0.5) is 0 Å². The lowest BCUT2D eigenvalue weighted by atomic mass is 10.1. The SMILES string of the molecule is CCNC(=NCc1cccc(CN2CCOCC2)c1)NCCCN1CCOCC1.I. The number of guanidine groups is 1. The molecule has 2 fully saturated rings. The number of nitrogens with one attached hydrogen (secondary N) is 2. The van der Waals surface area contributed by atoms with E-state index in [1.165, 1.54) is 11.1 Å². The molecule has 1 aromatic carbocycles. The summed E-state index contributed by atoms with van der Waals surface area (Å²) >= 11 is 0. The van der Waals surface area contributed by atoms with Gasteiger partial charge in [0.1, 0.15) is 0 Å². The van der Waals surface area contributed by atoms with E-state index < -0.39 is 0 Å². The number of nitrogens with zero attached hydrogens (tertiary/aromatic N) is 3. The van der Waals surface area contributed by atoms with E-state index in [1.54, 1.807) is 0 Å². The molecule has 0 spiro atoms. The Morgan fingerprint density at radius 1 is 0.967 bits per heavy atom. The Bertz CT molecular complexity index is 619. The second-order valence-corrected chi connectivity index (χ2v) is 7.64. The van der Waals surface area contributed by atoms with Crippen molar-refractivity contribution in [3.05, 3.63) is 35.4 Å². The molecule has 0 unspecified atom stereocenters. The van der Waals surface area contributed by atoms with Crippen molar-refractivity contribution < 1.29 is 9.47 Å². The van der Waals surface area contributed by atoms with Crippen molar-refractivity contribution >= 4 is 29.9 Å². The van der Waals surface area contributed by atoms with Crippen molar-refractivity contribution in [3.63, 3.8) is 0 Å². The Labute approximate surface area is 198 Å². The van der Waals surface area contributed by atoms with Crippen LogP contribution in [-0.2, 0) is 22.6 Å². The molecule has 2 heterocycles. The fraction of sp³-hybridized carbons (Fsp3) is 0.682. The molecule has 2 saturated heterocycles. The number of benzene rings is 1. The summed E-state index contributed by atoms with van der Waals surface area (Å²) in [5.74, 6) is 0.896. The van der Waals surface area contributed by atoms with Gasteiger partial charge in [-0.1, -0.05) is 24.3 Å². The third kappa shape index (κ3) is 9.47. The van der Waals surface area contributed by atoms with E-state index in [9.17, 15) is 0 Å². The Hall–Kier alpha value is -0.940. The maximum Gasteiger partial charge on any atom is 0.191 e. The number of hydrogen-bond donors (Lipinski definition) is 2. The summed E-state index contributed by atoms with van der Waals surface area (Å²) in [4.78, 5) is 9.70. The first-order chi connectivity index (χ1) is 14.3. The number of hydrogen-bond acceptors (Lipinski definition) is 5. The summed E-state index contributed by atoms with van der Waals surface area (Å²) in [6, 6.07) is 8.79. The van der Waals surface area contributed by atoms with Gasteiger partial charge in [0.2, 0.25) is 0 Å². The van der Waals surface area contributed by atoms with E-state index in [4.69, 9.17) is 14.5 Å². The van der Waals surface area contributed by atoms with Gasteiger partial charge in [0.15, 0.2) is 5.96 Å². The zero-order valence-electron chi connectivity index (χ0n) is 18.3. The zero-order chi connectivity index (χ0) is 20.2. The van der Waals surface area contributed by atoms with E-state index in [2.05, 4.69) is 51.6 Å². The Balaban J connectivity index is 0.00000320. The predicted molar refractivity (Wildman–Crippen MR) is 133 cm³/mol. The molecular weight excluding hydrogens is 493 g/mol. The third-order valence-electron chi connectivity index (χ3n) is 5.31. The highest BCUT2D eigenvalue weighted by atomic mass is 127. The van der Waals surface area contributed by atoms with E-state index >= 15 is 0 Å². The van der Waals surface area contributed by atoms with Crippen LogP contribution in [0.5, 0.6) is 0 Å². The lowest BCUT2D eigenvalue weighted by Gasteiger charge is -2.26. The first-order valence-electron chi connectivity index (χ1n) is 11.0. The van der Waals surface area contributed by atoms with Crippen LogP contribution in [-0.4, -0.2) is 88.0 Å². The molecule has 0 radical (unpaired) electrons. The average molecular weight is 531 g/mol. The van der Waals surface area contributed by atoms with Crippen LogP contribution in [0.2, 0.25) is 0 Å². The summed E-state index contributed by atoms with van der Waals surface area (Å²) in [5, 5.41) is 6.82. The third-order valence-corrected chi connectivity index (χ3v) is 5.31. The molecule has 0 saturated carbocycles. The number of aliphatic imine (C=N–C) groups is 1. The van der Waals surface area contributed by atoms with Gasteiger partial charge in [-0.05, 0) is 31.0 Å². The van der Waals surface area contributed by atoms with Crippen LogP contribution in [0.1, 0.15) is 24.5 Å². The van der Waals surface area contributed by atoms with Gasteiger partial charge in [0.05, 0.1) is 33.0 Å². The van der Waals surface area contributed by atoms with Crippen molar-refractivity contribution in [3.8, 4) is 0 Å². The fourth-order valence-corrected chi connectivity index (χ4v) is 3.69. The lowest BCUT2D eigenvalue weighted by Crippen LogP contribution is -2.40. The van der Waals surface area contributed by atoms with Crippen molar-refractivity contribution in [1.29, 1.82) is 0 Å². The fourth-order valence-electron chi connectivity index (χ4n) is 3.69. The molecule has 2 aliphatic heterocycles. The van der Waals surface area contributed by atoms with Crippen molar-refractivity contribution in [2.75, 3.05) is 72.2 Å². The molecule has 0 aliphatic carbocycles. The first kappa shape index (κ1) is 25.3. The van der Waals surface area contributed by atoms with Gasteiger partial charge in [-0.2, -0.15) is 0 Å². The van der Waals surface area contributed by atoms with Crippen LogP contribution in [0.15, 0.2) is 29.3 Å². The minimum Gasteiger partial charge on any atom is -0.379 e. The molecule has 2 aliphatic rings. The summed E-state index contributed by atoms with van der Waals surface area (Å²) < 4.78 is 10.8. The summed E-state index contributed by atoms with van der Waals surface area (Å²) in [6.45, 7) is 14.2. The van der Waals surface area contributed by atoms with Gasteiger partial charge in [-0.25, -0.2) is 4.99 Å².